The predicted molar refractivity (Wildman–Crippen MR) is 86.7 cm³/mol. The molecule has 0 saturated carbocycles. The lowest BCUT2D eigenvalue weighted by Gasteiger charge is -2.22. The highest BCUT2D eigenvalue weighted by molar-refractivity contribution is 5.88. The van der Waals surface area contributed by atoms with Gasteiger partial charge in [0.15, 0.2) is 11.6 Å². The van der Waals surface area contributed by atoms with Gasteiger partial charge in [-0.25, -0.2) is 14.8 Å². The molecule has 4 N–H and O–H groups in total. The molecule has 0 amide bonds. The fourth-order valence-corrected chi connectivity index (χ4v) is 2.09. The minimum atomic E-state index is -0.961. The van der Waals surface area contributed by atoms with E-state index < -0.39 is 5.97 Å². The summed E-state index contributed by atoms with van der Waals surface area (Å²) in [5.74, 6) is 0.224. The Morgan fingerprint density at radius 1 is 1.23 bits per heavy atom. The Morgan fingerprint density at radius 3 is 2.41 bits per heavy atom. The lowest BCUT2D eigenvalue weighted by Crippen LogP contribution is -2.24. The van der Waals surface area contributed by atoms with Crippen LogP contribution in [0.4, 0.5) is 23.0 Å². The molecular weight excluding hydrogens is 282 g/mol. The number of carbonyl (C=O) groups is 1. The van der Waals surface area contributed by atoms with Crippen LogP contribution in [0.1, 0.15) is 24.2 Å². The molecule has 2 rings (SSSR count). The number of aromatic carboxylic acids is 1. The maximum Gasteiger partial charge on any atom is 0.335 e. The van der Waals surface area contributed by atoms with Gasteiger partial charge in [0.05, 0.1) is 5.56 Å². The number of hydrogen-bond donors (Lipinski definition) is 3. The van der Waals surface area contributed by atoms with Crippen LogP contribution >= 0.6 is 0 Å². The highest BCUT2D eigenvalue weighted by Gasteiger charge is 2.13. The summed E-state index contributed by atoms with van der Waals surface area (Å²) in [7, 11) is 0. The Bertz CT molecular complexity index is 653. The van der Waals surface area contributed by atoms with Crippen LogP contribution in [0.25, 0.3) is 0 Å². The van der Waals surface area contributed by atoms with E-state index in [4.69, 9.17) is 10.8 Å². The number of nitrogens with two attached hydrogens (primary N) is 1. The van der Waals surface area contributed by atoms with E-state index in [9.17, 15) is 4.79 Å². The standard InChI is InChI=1S/C15H19N5O2/c1-3-20(4-2)14-12(16)13(17-9-18-14)19-11-7-5-10(6-8-11)15(21)22/h5-9H,3-4,16H2,1-2H3,(H,21,22)(H,17,18,19). The minimum Gasteiger partial charge on any atom is -0.478 e. The summed E-state index contributed by atoms with van der Waals surface area (Å²) in [5, 5.41) is 12.0. The van der Waals surface area contributed by atoms with Crippen molar-refractivity contribution < 1.29 is 9.90 Å². The Hall–Kier alpha value is -2.83. The third-order valence-electron chi connectivity index (χ3n) is 3.32. The second-order valence-electron chi connectivity index (χ2n) is 4.64. The van der Waals surface area contributed by atoms with Crippen LogP contribution in [-0.4, -0.2) is 34.1 Å². The lowest BCUT2D eigenvalue weighted by molar-refractivity contribution is 0.0697. The lowest BCUT2D eigenvalue weighted by atomic mass is 10.2. The van der Waals surface area contributed by atoms with Crippen molar-refractivity contribution in [3.05, 3.63) is 36.2 Å². The molecule has 0 atom stereocenters. The average molecular weight is 301 g/mol. The number of nitrogens with zero attached hydrogens (tertiary/aromatic N) is 3. The van der Waals surface area contributed by atoms with Gasteiger partial charge in [0.2, 0.25) is 0 Å². The van der Waals surface area contributed by atoms with Gasteiger partial charge in [0.1, 0.15) is 12.0 Å². The van der Waals surface area contributed by atoms with E-state index in [-0.39, 0.29) is 5.56 Å². The van der Waals surface area contributed by atoms with Crippen molar-refractivity contribution >= 4 is 29.0 Å². The Morgan fingerprint density at radius 2 is 1.86 bits per heavy atom. The smallest absolute Gasteiger partial charge is 0.335 e. The van der Waals surface area contributed by atoms with Crippen LogP contribution in [0.15, 0.2) is 30.6 Å². The summed E-state index contributed by atoms with van der Waals surface area (Å²) in [6, 6.07) is 6.38. The summed E-state index contributed by atoms with van der Waals surface area (Å²) in [5.41, 5.74) is 7.54. The number of nitrogen functional groups attached to an aromatic ring is 1. The predicted octanol–water partition coefficient (Wildman–Crippen LogP) is 2.35. The third-order valence-corrected chi connectivity index (χ3v) is 3.32. The van der Waals surface area contributed by atoms with E-state index >= 15 is 0 Å². The van der Waals surface area contributed by atoms with Gasteiger partial charge in [-0.15, -0.1) is 0 Å². The summed E-state index contributed by atoms with van der Waals surface area (Å²) >= 11 is 0. The first-order valence-corrected chi connectivity index (χ1v) is 7.02. The van der Waals surface area contributed by atoms with Crippen molar-refractivity contribution in [3.63, 3.8) is 0 Å². The zero-order valence-corrected chi connectivity index (χ0v) is 12.6. The number of nitrogens with one attached hydrogen (secondary N) is 1. The Balaban J connectivity index is 2.26. The maximum absolute atomic E-state index is 10.8. The van der Waals surface area contributed by atoms with Crippen molar-refractivity contribution in [1.82, 2.24) is 9.97 Å². The van der Waals surface area contributed by atoms with Gasteiger partial charge in [0.25, 0.3) is 0 Å². The second-order valence-corrected chi connectivity index (χ2v) is 4.64. The molecule has 1 aromatic carbocycles. The molecule has 7 nitrogen and oxygen atoms in total. The number of anilines is 4. The van der Waals surface area contributed by atoms with E-state index in [1.807, 2.05) is 18.7 Å². The molecule has 2 aromatic rings. The molecule has 0 saturated heterocycles. The van der Waals surface area contributed by atoms with Gasteiger partial charge < -0.3 is 21.1 Å². The molecule has 1 heterocycles. The molecule has 22 heavy (non-hydrogen) atoms. The molecule has 0 aliphatic rings. The summed E-state index contributed by atoms with van der Waals surface area (Å²) in [6.45, 7) is 5.65. The molecule has 0 bridgehead atoms. The van der Waals surface area contributed by atoms with E-state index in [0.29, 0.717) is 23.0 Å². The zero-order valence-electron chi connectivity index (χ0n) is 12.6. The summed E-state index contributed by atoms with van der Waals surface area (Å²) < 4.78 is 0. The first-order chi connectivity index (χ1) is 10.6. The number of carboxylic acid groups (broad SMARTS) is 1. The number of hydrogen-bond acceptors (Lipinski definition) is 6. The molecule has 7 heteroatoms. The quantitative estimate of drug-likeness (QED) is 0.752. The number of carboxylic acids is 1. The Labute approximate surface area is 128 Å². The molecule has 116 valence electrons. The molecule has 0 spiro atoms. The normalized spacial score (nSPS) is 10.3. The van der Waals surface area contributed by atoms with E-state index in [0.717, 1.165) is 13.1 Å². The van der Waals surface area contributed by atoms with Crippen LogP contribution in [0.2, 0.25) is 0 Å². The first kappa shape index (κ1) is 15.6. The SMILES string of the molecule is CCN(CC)c1ncnc(Nc2ccc(C(=O)O)cc2)c1N. The van der Waals surface area contributed by atoms with Crippen LogP contribution in [0.5, 0.6) is 0 Å². The molecule has 0 unspecified atom stereocenters. The Kier molecular flexibility index (Phi) is 4.77. The topological polar surface area (TPSA) is 104 Å². The molecule has 0 radical (unpaired) electrons. The van der Waals surface area contributed by atoms with Crippen molar-refractivity contribution in [2.75, 3.05) is 29.0 Å². The van der Waals surface area contributed by atoms with Gasteiger partial charge in [0, 0.05) is 18.8 Å². The molecule has 0 aliphatic carbocycles. The van der Waals surface area contributed by atoms with Crippen molar-refractivity contribution in [2.45, 2.75) is 13.8 Å². The fourth-order valence-electron chi connectivity index (χ4n) is 2.09. The molecule has 0 aliphatic heterocycles. The maximum atomic E-state index is 10.8. The van der Waals surface area contributed by atoms with E-state index in [1.165, 1.54) is 18.5 Å². The van der Waals surface area contributed by atoms with Gasteiger partial charge in [-0.1, -0.05) is 0 Å². The highest BCUT2D eigenvalue weighted by Crippen LogP contribution is 2.28. The van der Waals surface area contributed by atoms with Gasteiger partial charge >= 0.3 is 5.97 Å². The van der Waals surface area contributed by atoms with Crippen molar-refractivity contribution in [3.8, 4) is 0 Å². The van der Waals surface area contributed by atoms with Crippen LogP contribution in [0, 0.1) is 0 Å². The molecular formula is C15H19N5O2. The minimum absolute atomic E-state index is 0.227. The molecule has 1 aromatic heterocycles. The van der Waals surface area contributed by atoms with E-state index in [1.54, 1.807) is 12.1 Å². The number of rotatable bonds is 6. The van der Waals surface area contributed by atoms with Gasteiger partial charge in [-0.2, -0.15) is 0 Å². The third kappa shape index (κ3) is 3.25. The fraction of sp³-hybridized carbons (Fsp3) is 0.267. The highest BCUT2D eigenvalue weighted by atomic mass is 16.4. The van der Waals surface area contributed by atoms with Crippen molar-refractivity contribution in [1.29, 1.82) is 0 Å². The molecule has 0 fully saturated rings. The van der Waals surface area contributed by atoms with Crippen LogP contribution in [-0.2, 0) is 0 Å². The van der Waals surface area contributed by atoms with Crippen LogP contribution in [0.3, 0.4) is 0 Å². The second kappa shape index (κ2) is 6.75. The average Bonchev–Trinajstić information content (AvgIpc) is 2.52. The van der Waals surface area contributed by atoms with Gasteiger partial charge in [-0.3, -0.25) is 0 Å². The van der Waals surface area contributed by atoms with E-state index in [2.05, 4.69) is 15.3 Å². The van der Waals surface area contributed by atoms with Crippen molar-refractivity contribution in [2.24, 2.45) is 0 Å². The number of aromatic nitrogens is 2. The number of benzene rings is 1. The monoisotopic (exact) mass is 301 g/mol. The first-order valence-electron chi connectivity index (χ1n) is 7.02. The zero-order chi connectivity index (χ0) is 16.1. The summed E-state index contributed by atoms with van der Waals surface area (Å²) in [4.78, 5) is 21.3. The van der Waals surface area contributed by atoms with Gasteiger partial charge in [-0.05, 0) is 38.1 Å². The largest absolute Gasteiger partial charge is 0.478 e. The summed E-state index contributed by atoms with van der Waals surface area (Å²) in [6.07, 6.45) is 1.46. The van der Waals surface area contributed by atoms with Crippen LogP contribution < -0.4 is 16.0 Å².